The Kier molecular flexibility index (Phi) is 3.84. The van der Waals surface area contributed by atoms with Gasteiger partial charge >= 0.3 is 0 Å². The van der Waals surface area contributed by atoms with E-state index in [1.54, 1.807) is 35.1 Å². The van der Waals surface area contributed by atoms with Crippen molar-refractivity contribution in [2.45, 2.75) is 17.3 Å². The third kappa shape index (κ3) is 2.82. The highest BCUT2D eigenvalue weighted by Crippen LogP contribution is 2.46. The molecular formula is C16H15FN4O2S. The minimum atomic E-state index is -0.449. The minimum Gasteiger partial charge on any atom is -0.471 e. The fourth-order valence-corrected chi connectivity index (χ4v) is 4.58. The fraction of sp³-hybridized carbons (Fsp3) is 0.375. The van der Waals surface area contributed by atoms with Crippen LogP contribution >= 0.6 is 11.8 Å². The Morgan fingerprint density at radius 2 is 2.00 bits per heavy atom. The summed E-state index contributed by atoms with van der Waals surface area (Å²) in [5.74, 6) is 0.431. The van der Waals surface area contributed by atoms with E-state index in [9.17, 15) is 9.18 Å². The molecule has 8 heteroatoms. The Bertz CT molecular complexity index is 755. The summed E-state index contributed by atoms with van der Waals surface area (Å²) in [4.78, 5) is 25.9. The molecule has 2 aliphatic heterocycles. The summed E-state index contributed by atoms with van der Waals surface area (Å²) < 4.78 is 19.3. The van der Waals surface area contributed by atoms with Crippen LogP contribution in [0.2, 0.25) is 0 Å². The predicted molar refractivity (Wildman–Crippen MR) is 86.4 cm³/mol. The van der Waals surface area contributed by atoms with Crippen LogP contribution < -0.4 is 4.74 Å². The molecule has 1 atom stereocenters. The third-order valence-electron chi connectivity index (χ3n) is 4.18. The van der Waals surface area contributed by atoms with Crippen molar-refractivity contribution < 1.29 is 13.9 Å². The number of carbonyl (C=O) groups is 1. The zero-order valence-corrected chi connectivity index (χ0v) is 13.6. The second-order valence-electron chi connectivity index (χ2n) is 5.96. The van der Waals surface area contributed by atoms with Crippen molar-refractivity contribution in [1.29, 1.82) is 0 Å². The number of rotatable bonds is 3. The highest BCUT2D eigenvalue weighted by molar-refractivity contribution is 8.01. The average Bonchev–Trinajstić information content (AvgIpc) is 3.00. The lowest BCUT2D eigenvalue weighted by molar-refractivity contribution is 0.0502. The van der Waals surface area contributed by atoms with Gasteiger partial charge in [-0.15, -0.1) is 11.8 Å². The Morgan fingerprint density at radius 1 is 1.25 bits per heavy atom. The first-order chi connectivity index (χ1) is 11.7. The molecule has 0 saturated carbocycles. The van der Waals surface area contributed by atoms with Crippen molar-refractivity contribution >= 4 is 17.7 Å². The van der Waals surface area contributed by atoms with E-state index < -0.39 is 5.82 Å². The number of carbonyl (C=O) groups excluding carboxylic acids is 1. The molecule has 0 aliphatic carbocycles. The molecule has 0 radical (unpaired) electrons. The number of ether oxygens (including phenoxy) is 1. The smallest absolute Gasteiger partial charge is 0.291 e. The summed E-state index contributed by atoms with van der Waals surface area (Å²) in [6.45, 7) is 1.28. The highest BCUT2D eigenvalue weighted by Gasteiger charge is 2.51. The van der Waals surface area contributed by atoms with Crippen LogP contribution in [0.15, 0.2) is 36.8 Å². The van der Waals surface area contributed by atoms with E-state index >= 15 is 0 Å². The molecule has 1 amide bonds. The maximum atomic E-state index is 13.6. The summed E-state index contributed by atoms with van der Waals surface area (Å²) in [5, 5.41) is 0. The van der Waals surface area contributed by atoms with Crippen LogP contribution in [-0.4, -0.2) is 55.5 Å². The van der Waals surface area contributed by atoms with Crippen molar-refractivity contribution in [3.63, 3.8) is 0 Å². The Morgan fingerprint density at radius 3 is 2.75 bits per heavy atom. The zero-order chi connectivity index (χ0) is 16.6. The lowest BCUT2D eigenvalue weighted by Gasteiger charge is -2.46. The summed E-state index contributed by atoms with van der Waals surface area (Å²) in [6, 6.07) is 4.55. The maximum Gasteiger partial charge on any atom is 0.291 e. The first kappa shape index (κ1) is 15.3. The first-order valence-electron chi connectivity index (χ1n) is 7.63. The summed E-state index contributed by atoms with van der Waals surface area (Å²) in [5.41, 5.74) is 0. The van der Waals surface area contributed by atoms with E-state index in [-0.39, 0.29) is 28.5 Å². The summed E-state index contributed by atoms with van der Waals surface area (Å²) >= 11 is 1.77. The van der Waals surface area contributed by atoms with Crippen LogP contribution in [0.5, 0.6) is 5.88 Å². The van der Waals surface area contributed by atoms with Crippen LogP contribution in [0.3, 0.4) is 0 Å². The van der Waals surface area contributed by atoms with Gasteiger partial charge in [0.15, 0.2) is 5.82 Å². The molecular weight excluding hydrogens is 331 g/mol. The van der Waals surface area contributed by atoms with Gasteiger partial charge in [-0.05, 0) is 18.2 Å². The molecule has 2 fully saturated rings. The molecule has 24 heavy (non-hydrogen) atoms. The van der Waals surface area contributed by atoms with Gasteiger partial charge in [0.05, 0.1) is 4.75 Å². The van der Waals surface area contributed by atoms with Crippen molar-refractivity contribution in [1.82, 2.24) is 19.9 Å². The van der Waals surface area contributed by atoms with Crippen molar-refractivity contribution in [3.05, 3.63) is 48.4 Å². The Labute approximate surface area is 142 Å². The molecule has 4 heterocycles. The minimum absolute atomic E-state index is 0.0135. The molecule has 1 unspecified atom stereocenters. The monoisotopic (exact) mass is 346 g/mol. The van der Waals surface area contributed by atoms with Gasteiger partial charge in [0.1, 0.15) is 6.10 Å². The molecule has 2 aromatic rings. The summed E-state index contributed by atoms with van der Waals surface area (Å²) in [7, 11) is 0. The van der Waals surface area contributed by atoms with Crippen LogP contribution in [0.4, 0.5) is 4.39 Å². The highest BCUT2D eigenvalue weighted by atomic mass is 32.2. The molecule has 0 bridgehead atoms. The second kappa shape index (κ2) is 6.01. The van der Waals surface area contributed by atoms with Gasteiger partial charge in [-0.25, -0.2) is 19.3 Å². The Balaban J connectivity index is 1.35. The third-order valence-corrected chi connectivity index (χ3v) is 5.76. The molecule has 2 saturated heterocycles. The van der Waals surface area contributed by atoms with E-state index in [4.69, 9.17) is 4.74 Å². The van der Waals surface area contributed by atoms with Crippen LogP contribution in [0.25, 0.3) is 0 Å². The molecule has 6 nitrogen and oxygen atoms in total. The lowest BCUT2D eigenvalue weighted by atomic mass is 9.93. The van der Waals surface area contributed by atoms with Gasteiger partial charge in [0.2, 0.25) is 5.82 Å². The first-order valence-corrected chi connectivity index (χ1v) is 8.61. The molecule has 124 valence electrons. The molecule has 2 aliphatic rings. The predicted octanol–water partition coefficient (Wildman–Crippen LogP) is 1.79. The van der Waals surface area contributed by atoms with Crippen LogP contribution in [0.1, 0.15) is 17.0 Å². The van der Waals surface area contributed by atoms with Gasteiger partial charge in [-0.2, -0.15) is 0 Å². The largest absolute Gasteiger partial charge is 0.471 e. The number of thioether (sulfide) groups is 1. The zero-order valence-electron chi connectivity index (χ0n) is 12.8. The van der Waals surface area contributed by atoms with E-state index in [1.807, 2.05) is 0 Å². The van der Waals surface area contributed by atoms with Gasteiger partial charge in [-0.1, -0.05) is 0 Å². The van der Waals surface area contributed by atoms with Crippen LogP contribution in [-0.2, 0) is 0 Å². The molecule has 0 N–H and O–H groups in total. The lowest BCUT2D eigenvalue weighted by Crippen LogP contribution is -2.61. The van der Waals surface area contributed by atoms with E-state index in [2.05, 4.69) is 15.0 Å². The molecule has 4 rings (SSSR count). The molecule has 2 aromatic heterocycles. The number of nitrogens with zero attached hydrogens (tertiary/aromatic N) is 4. The number of likely N-dealkylation sites (tertiary alicyclic amines) is 1. The number of aromatic nitrogens is 3. The van der Waals surface area contributed by atoms with Gasteiger partial charge < -0.3 is 9.64 Å². The van der Waals surface area contributed by atoms with Crippen LogP contribution in [0, 0.1) is 5.82 Å². The topological polar surface area (TPSA) is 68.2 Å². The number of halogens is 1. The SMILES string of the molecule is O=C(c1ncccn1)N1CC2(CC(Oc3ncccc3F)CS2)C1. The van der Waals surface area contributed by atoms with Gasteiger partial charge in [0, 0.05) is 43.9 Å². The quantitative estimate of drug-likeness (QED) is 0.844. The van der Waals surface area contributed by atoms with Gasteiger partial charge in [-0.3, -0.25) is 4.79 Å². The molecule has 1 spiro atoms. The fourth-order valence-electron chi connectivity index (χ4n) is 3.06. The number of hydrogen-bond acceptors (Lipinski definition) is 6. The Hall–Kier alpha value is -2.22. The summed E-state index contributed by atoms with van der Waals surface area (Å²) in [6.07, 6.45) is 5.31. The van der Waals surface area contributed by atoms with E-state index in [0.29, 0.717) is 13.1 Å². The van der Waals surface area contributed by atoms with Gasteiger partial charge in [0.25, 0.3) is 11.8 Å². The normalized spacial score (nSPS) is 21.5. The average molecular weight is 346 g/mol. The van der Waals surface area contributed by atoms with Crippen molar-refractivity contribution in [2.75, 3.05) is 18.8 Å². The molecule has 0 aromatic carbocycles. The number of hydrogen-bond donors (Lipinski definition) is 0. The second-order valence-corrected chi connectivity index (χ2v) is 7.45. The van der Waals surface area contributed by atoms with E-state index in [1.165, 1.54) is 18.3 Å². The van der Waals surface area contributed by atoms with Crippen molar-refractivity contribution in [2.24, 2.45) is 0 Å². The van der Waals surface area contributed by atoms with Crippen molar-refractivity contribution in [3.8, 4) is 5.88 Å². The maximum absolute atomic E-state index is 13.6. The van der Waals surface area contributed by atoms with E-state index in [0.717, 1.165) is 12.2 Å². The number of pyridine rings is 1. The number of amides is 1. The standard InChI is InChI=1S/C16H15FN4O2S/c17-12-3-1-4-20-14(12)23-11-7-16(24-8-11)9-21(10-16)15(22)13-18-5-2-6-19-13/h1-6,11H,7-10H2.